The molecule has 20 heavy (non-hydrogen) atoms. The summed E-state index contributed by atoms with van der Waals surface area (Å²) in [6.07, 6.45) is 1.60. The van der Waals surface area contributed by atoms with Crippen molar-refractivity contribution >= 4 is 17.5 Å². The van der Waals surface area contributed by atoms with Crippen LogP contribution in [0.4, 0.5) is 5.69 Å². The number of nitrogens with zero attached hydrogens (tertiary/aromatic N) is 2. The Kier molecular flexibility index (Phi) is 3.44. The van der Waals surface area contributed by atoms with Gasteiger partial charge in [0.2, 0.25) is 11.8 Å². The van der Waals surface area contributed by atoms with Crippen molar-refractivity contribution in [2.45, 2.75) is 25.3 Å². The summed E-state index contributed by atoms with van der Waals surface area (Å²) in [6, 6.07) is 8.30. The predicted molar refractivity (Wildman–Crippen MR) is 76.3 cm³/mol. The third-order valence-electron chi connectivity index (χ3n) is 4.02. The number of likely N-dealkylation sites (tertiary alicyclic amines) is 1. The lowest BCUT2D eigenvalue weighted by atomic mass is 9.98. The molecular formula is C15H19N3O2. The molecule has 1 aromatic carbocycles. The molecule has 1 saturated heterocycles. The van der Waals surface area contributed by atoms with E-state index < -0.39 is 0 Å². The number of hydrogen-bond donors (Lipinski definition) is 1. The first-order valence-electron chi connectivity index (χ1n) is 7.07. The molecule has 0 aromatic heterocycles. The maximum absolute atomic E-state index is 11.6. The fourth-order valence-electron chi connectivity index (χ4n) is 3.03. The smallest absolute Gasteiger partial charge is 0.229 e. The Bertz CT molecular complexity index is 528. The summed E-state index contributed by atoms with van der Waals surface area (Å²) < 4.78 is 0. The zero-order chi connectivity index (χ0) is 14.1. The van der Waals surface area contributed by atoms with Crippen molar-refractivity contribution in [1.82, 2.24) is 4.90 Å². The summed E-state index contributed by atoms with van der Waals surface area (Å²) in [5.74, 6) is -0.103. The van der Waals surface area contributed by atoms with Crippen molar-refractivity contribution in [2.75, 3.05) is 24.5 Å². The van der Waals surface area contributed by atoms with Crippen LogP contribution in [0.1, 0.15) is 18.4 Å². The number of imide groups is 1. The molecule has 2 heterocycles. The van der Waals surface area contributed by atoms with Gasteiger partial charge in [-0.1, -0.05) is 18.2 Å². The van der Waals surface area contributed by atoms with Crippen LogP contribution in [0.15, 0.2) is 24.3 Å². The fraction of sp³-hybridized carbons (Fsp3) is 0.467. The van der Waals surface area contributed by atoms with E-state index in [1.54, 1.807) is 0 Å². The Morgan fingerprint density at radius 1 is 1.10 bits per heavy atom. The minimum atomic E-state index is -0.0513. The van der Waals surface area contributed by atoms with Gasteiger partial charge >= 0.3 is 0 Å². The maximum Gasteiger partial charge on any atom is 0.229 e. The van der Waals surface area contributed by atoms with Crippen LogP contribution in [0.3, 0.4) is 0 Å². The molecule has 0 spiro atoms. The van der Waals surface area contributed by atoms with Gasteiger partial charge in [0.05, 0.1) is 0 Å². The van der Waals surface area contributed by atoms with E-state index in [0.717, 1.165) is 13.0 Å². The second-order valence-electron chi connectivity index (χ2n) is 5.48. The lowest BCUT2D eigenvalue weighted by molar-refractivity contribution is -0.138. The van der Waals surface area contributed by atoms with Crippen LogP contribution in [-0.4, -0.2) is 42.4 Å². The third kappa shape index (κ3) is 2.41. The molecule has 106 valence electrons. The molecule has 5 heteroatoms. The molecule has 1 fully saturated rings. The highest BCUT2D eigenvalue weighted by molar-refractivity contribution is 6.01. The van der Waals surface area contributed by atoms with Crippen molar-refractivity contribution in [3.8, 4) is 0 Å². The molecular weight excluding hydrogens is 254 g/mol. The Labute approximate surface area is 118 Å². The topological polar surface area (TPSA) is 66.6 Å². The average Bonchev–Trinajstić information content (AvgIpc) is 2.75. The van der Waals surface area contributed by atoms with Crippen LogP contribution in [0, 0.1) is 0 Å². The highest BCUT2D eigenvalue weighted by Crippen LogP contribution is 2.26. The van der Waals surface area contributed by atoms with E-state index in [0.29, 0.717) is 25.9 Å². The summed E-state index contributed by atoms with van der Waals surface area (Å²) in [5.41, 5.74) is 8.50. The molecule has 2 amide bonds. The second-order valence-corrected chi connectivity index (χ2v) is 5.48. The number of fused-ring (bicyclic) bond motifs is 1. The van der Waals surface area contributed by atoms with Gasteiger partial charge in [0.1, 0.15) is 0 Å². The number of para-hydroxylation sites is 1. The largest absolute Gasteiger partial charge is 0.368 e. The summed E-state index contributed by atoms with van der Waals surface area (Å²) in [4.78, 5) is 26.8. The highest BCUT2D eigenvalue weighted by atomic mass is 16.2. The van der Waals surface area contributed by atoms with E-state index >= 15 is 0 Å². The number of nitrogens with two attached hydrogens (primary N) is 1. The van der Waals surface area contributed by atoms with Gasteiger partial charge in [-0.2, -0.15) is 0 Å². The molecule has 1 aromatic rings. The van der Waals surface area contributed by atoms with E-state index in [4.69, 9.17) is 5.73 Å². The number of anilines is 1. The SMILES string of the molecule is NC1Cc2ccccc2N(CCN2C(=O)CCC2=O)C1. The Hall–Kier alpha value is -1.88. The minimum Gasteiger partial charge on any atom is -0.368 e. The number of amides is 2. The maximum atomic E-state index is 11.6. The first kappa shape index (κ1) is 13.1. The first-order chi connectivity index (χ1) is 9.65. The molecule has 2 aliphatic rings. The molecule has 2 aliphatic heterocycles. The van der Waals surface area contributed by atoms with Gasteiger partial charge in [0, 0.05) is 44.2 Å². The van der Waals surface area contributed by atoms with Crippen molar-refractivity contribution in [1.29, 1.82) is 0 Å². The Balaban J connectivity index is 1.71. The van der Waals surface area contributed by atoms with Crippen molar-refractivity contribution in [3.63, 3.8) is 0 Å². The monoisotopic (exact) mass is 273 g/mol. The number of rotatable bonds is 3. The van der Waals surface area contributed by atoms with Crippen LogP contribution < -0.4 is 10.6 Å². The van der Waals surface area contributed by atoms with Gasteiger partial charge in [-0.3, -0.25) is 14.5 Å². The summed E-state index contributed by atoms with van der Waals surface area (Å²) in [7, 11) is 0. The van der Waals surface area contributed by atoms with Gasteiger partial charge in [0.25, 0.3) is 0 Å². The lowest BCUT2D eigenvalue weighted by Gasteiger charge is -2.35. The van der Waals surface area contributed by atoms with Gasteiger partial charge in [-0.25, -0.2) is 0 Å². The van der Waals surface area contributed by atoms with Crippen molar-refractivity contribution < 1.29 is 9.59 Å². The fourth-order valence-corrected chi connectivity index (χ4v) is 3.03. The van der Waals surface area contributed by atoms with Gasteiger partial charge < -0.3 is 10.6 Å². The number of carbonyl (C=O) groups is 2. The number of benzene rings is 1. The molecule has 1 unspecified atom stereocenters. The van der Waals surface area contributed by atoms with E-state index in [1.807, 2.05) is 12.1 Å². The Morgan fingerprint density at radius 2 is 1.80 bits per heavy atom. The van der Waals surface area contributed by atoms with Crippen LogP contribution >= 0.6 is 0 Å². The first-order valence-corrected chi connectivity index (χ1v) is 7.07. The molecule has 0 saturated carbocycles. The van der Waals surface area contributed by atoms with Crippen molar-refractivity contribution in [2.24, 2.45) is 5.73 Å². The van der Waals surface area contributed by atoms with Crippen LogP contribution in [-0.2, 0) is 16.0 Å². The van der Waals surface area contributed by atoms with Crippen LogP contribution in [0.25, 0.3) is 0 Å². The van der Waals surface area contributed by atoms with Gasteiger partial charge in [-0.15, -0.1) is 0 Å². The molecule has 1 atom stereocenters. The summed E-state index contributed by atoms with van der Waals surface area (Å²) in [6.45, 7) is 1.88. The molecule has 0 bridgehead atoms. The molecule has 5 nitrogen and oxygen atoms in total. The van der Waals surface area contributed by atoms with E-state index in [1.165, 1.54) is 16.2 Å². The Morgan fingerprint density at radius 3 is 2.55 bits per heavy atom. The number of hydrogen-bond acceptors (Lipinski definition) is 4. The third-order valence-corrected chi connectivity index (χ3v) is 4.02. The van der Waals surface area contributed by atoms with Crippen LogP contribution in [0.2, 0.25) is 0 Å². The van der Waals surface area contributed by atoms with Crippen molar-refractivity contribution in [3.05, 3.63) is 29.8 Å². The average molecular weight is 273 g/mol. The van der Waals surface area contributed by atoms with Gasteiger partial charge in [0.15, 0.2) is 0 Å². The standard InChI is InChI=1S/C15H19N3O2/c16-12-9-11-3-1-2-4-13(11)17(10-12)7-8-18-14(19)5-6-15(18)20/h1-4,12H,5-10,16H2. The molecule has 0 radical (unpaired) electrons. The van der Waals surface area contributed by atoms with Crippen LogP contribution in [0.5, 0.6) is 0 Å². The quantitative estimate of drug-likeness (QED) is 0.816. The summed E-state index contributed by atoms with van der Waals surface area (Å²) in [5, 5.41) is 0. The lowest BCUT2D eigenvalue weighted by Crippen LogP contribution is -2.46. The number of carbonyl (C=O) groups excluding carboxylic acids is 2. The predicted octanol–water partition coefficient (Wildman–Crippen LogP) is 0.525. The van der Waals surface area contributed by atoms with Gasteiger partial charge in [-0.05, 0) is 18.1 Å². The van der Waals surface area contributed by atoms with E-state index in [-0.39, 0.29) is 17.9 Å². The zero-order valence-electron chi connectivity index (χ0n) is 11.4. The van der Waals surface area contributed by atoms with E-state index in [2.05, 4.69) is 17.0 Å². The van der Waals surface area contributed by atoms with E-state index in [9.17, 15) is 9.59 Å². The normalized spacial score (nSPS) is 22.4. The zero-order valence-corrected chi connectivity index (χ0v) is 11.4. The molecule has 3 rings (SSSR count). The molecule has 0 aliphatic carbocycles. The molecule has 2 N–H and O–H groups in total. The highest BCUT2D eigenvalue weighted by Gasteiger charge is 2.29. The second kappa shape index (κ2) is 5.25. The summed E-state index contributed by atoms with van der Waals surface area (Å²) >= 11 is 0. The minimum absolute atomic E-state index is 0.0513.